The Kier molecular flexibility index (Phi) is 8.23. The summed E-state index contributed by atoms with van der Waals surface area (Å²) in [4.78, 5) is 23.2. The maximum Gasteiger partial charge on any atom is 0.416 e. The van der Waals surface area contributed by atoms with Crippen LogP contribution in [0.15, 0.2) is 59.0 Å². The summed E-state index contributed by atoms with van der Waals surface area (Å²) < 4.78 is 103. The van der Waals surface area contributed by atoms with Crippen molar-refractivity contribution in [2.24, 2.45) is 0 Å². The van der Waals surface area contributed by atoms with Crippen molar-refractivity contribution in [3.05, 3.63) is 98.2 Å². The highest BCUT2D eigenvalue weighted by molar-refractivity contribution is 6.32. The fourth-order valence-electron chi connectivity index (χ4n) is 3.56. The molecular weight excluding hydrogens is 593 g/mol. The summed E-state index contributed by atoms with van der Waals surface area (Å²) in [7, 11) is 0. The van der Waals surface area contributed by atoms with Gasteiger partial charge in [-0.15, -0.1) is 0 Å². The van der Waals surface area contributed by atoms with Gasteiger partial charge in [-0.3, -0.25) is 19.6 Å². The number of rotatable bonds is 9. The summed E-state index contributed by atoms with van der Waals surface area (Å²) in [5.41, 5.74) is -3.83. The Labute approximate surface area is 229 Å². The van der Waals surface area contributed by atoms with Gasteiger partial charge in [0.05, 0.1) is 33.8 Å². The molecule has 0 radical (unpaired) electrons. The Hall–Kier alpha value is -4.60. The number of carbonyl (C=O) groups is 1. The van der Waals surface area contributed by atoms with Crippen LogP contribution in [0, 0.1) is 10.1 Å². The highest BCUT2D eigenvalue weighted by Gasteiger charge is 2.31. The summed E-state index contributed by atoms with van der Waals surface area (Å²) in [6.45, 7) is -0.592. The van der Waals surface area contributed by atoms with Crippen molar-refractivity contribution >= 4 is 28.9 Å². The van der Waals surface area contributed by atoms with Crippen molar-refractivity contribution in [2.45, 2.75) is 25.6 Å². The van der Waals surface area contributed by atoms with Gasteiger partial charge in [0.2, 0.25) is 0 Å². The standard InChI is InChI=1S/C24H14ClF7N4O5/c25-18-19(21(26)27)34-35(20(18)22(28)29)10-15-4-5-17(41-15)23(37)33-12-7-13(36(38)39)9-16(8-12)40-14-3-1-2-11(6-14)24(30,31)32/h1-9,21-22H,10H2,(H,33,37). The lowest BCUT2D eigenvalue weighted by atomic mass is 10.2. The summed E-state index contributed by atoms with van der Waals surface area (Å²) in [5, 5.41) is 16.1. The van der Waals surface area contributed by atoms with Gasteiger partial charge < -0.3 is 14.5 Å². The van der Waals surface area contributed by atoms with Crippen molar-refractivity contribution < 1.29 is 49.6 Å². The summed E-state index contributed by atoms with van der Waals surface area (Å²) in [5.74, 6) is -2.09. The fourth-order valence-corrected chi connectivity index (χ4v) is 3.86. The Balaban J connectivity index is 1.55. The summed E-state index contributed by atoms with van der Waals surface area (Å²) >= 11 is 5.61. The SMILES string of the molecule is O=C(Nc1cc(Oc2cccc(C(F)(F)F)c2)cc([N+](=O)[O-])c1)c1ccc(Cn2nc(C(F)F)c(Cl)c2C(F)F)o1. The Morgan fingerprint density at radius 2 is 1.80 bits per heavy atom. The molecule has 1 N–H and O–H groups in total. The van der Waals surface area contributed by atoms with Crippen LogP contribution in [-0.4, -0.2) is 20.6 Å². The topological polar surface area (TPSA) is 112 Å². The number of nitro groups is 1. The van der Waals surface area contributed by atoms with Crippen molar-refractivity contribution in [3.63, 3.8) is 0 Å². The maximum atomic E-state index is 13.4. The van der Waals surface area contributed by atoms with Gasteiger partial charge in [0.1, 0.15) is 28.6 Å². The zero-order chi connectivity index (χ0) is 30.1. The molecule has 216 valence electrons. The molecule has 0 saturated carbocycles. The van der Waals surface area contributed by atoms with Gasteiger partial charge >= 0.3 is 6.18 Å². The molecule has 0 aliphatic heterocycles. The number of ether oxygens (including phenoxy) is 1. The fraction of sp³-hybridized carbons (Fsp3) is 0.167. The minimum atomic E-state index is -4.67. The summed E-state index contributed by atoms with van der Waals surface area (Å²) in [6, 6.07) is 8.99. The van der Waals surface area contributed by atoms with Crippen LogP contribution in [-0.2, 0) is 12.7 Å². The van der Waals surface area contributed by atoms with E-state index in [-0.39, 0.29) is 22.9 Å². The molecule has 17 heteroatoms. The average Bonchev–Trinajstić information content (AvgIpc) is 3.48. The number of furan rings is 1. The van der Waals surface area contributed by atoms with Crippen molar-refractivity contribution in [1.29, 1.82) is 0 Å². The molecule has 0 fully saturated rings. The van der Waals surface area contributed by atoms with E-state index in [1.807, 2.05) is 0 Å². The van der Waals surface area contributed by atoms with Crippen LogP contribution in [0.4, 0.5) is 42.1 Å². The highest BCUT2D eigenvalue weighted by atomic mass is 35.5. The van der Waals surface area contributed by atoms with E-state index in [1.165, 1.54) is 12.1 Å². The molecule has 0 aliphatic rings. The Morgan fingerprint density at radius 1 is 1.07 bits per heavy atom. The molecule has 2 aromatic carbocycles. The molecule has 41 heavy (non-hydrogen) atoms. The number of carbonyl (C=O) groups excluding carboxylic acids is 1. The van der Waals surface area contributed by atoms with Crippen molar-refractivity contribution in [1.82, 2.24) is 9.78 Å². The van der Waals surface area contributed by atoms with E-state index in [1.54, 1.807) is 0 Å². The molecule has 0 saturated heterocycles. The number of benzene rings is 2. The molecule has 2 heterocycles. The molecule has 0 aliphatic carbocycles. The predicted molar refractivity (Wildman–Crippen MR) is 128 cm³/mol. The first-order valence-corrected chi connectivity index (χ1v) is 11.5. The van der Waals surface area contributed by atoms with E-state index < -0.39 is 69.8 Å². The third-order valence-corrected chi connectivity index (χ3v) is 5.71. The van der Waals surface area contributed by atoms with E-state index in [4.69, 9.17) is 20.8 Å². The van der Waals surface area contributed by atoms with Gasteiger partial charge in [0, 0.05) is 12.1 Å². The predicted octanol–water partition coefficient (Wildman–Crippen LogP) is 8.02. The number of alkyl halides is 7. The number of non-ortho nitro benzene ring substituents is 1. The molecular formula is C24H14ClF7N4O5. The first kappa shape index (κ1) is 29.4. The van der Waals surface area contributed by atoms with E-state index in [2.05, 4.69) is 10.4 Å². The molecule has 0 atom stereocenters. The number of hydrogen-bond donors (Lipinski definition) is 1. The minimum Gasteiger partial charge on any atom is -0.457 e. The number of amides is 1. The van der Waals surface area contributed by atoms with E-state index in [0.29, 0.717) is 10.7 Å². The number of aromatic nitrogens is 2. The monoisotopic (exact) mass is 606 g/mol. The van der Waals surface area contributed by atoms with Gasteiger partial charge in [0.25, 0.3) is 24.4 Å². The molecule has 4 rings (SSSR count). The van der Waals surface area contributed by atoms with Crippen LogP contribution in [0.1, 0.15) is 46.1 Å². The van der Waals surface area contributed by atoms with Crippen molar-refractivity contribution in [3.8, 4) is 11.5 Å². The molecule has 1 amide bonds. The number of nitrogens with zero attached hydrogens (tertiary/aromatic N) is 3. The van der Waals surface area contributed by atoms with Crippen LogP contribution in [0.5, 0.6) is 11.5 Å². The second-order valence-electron chi connectivity index (χ2n) is 8.16. The first-order chi connectivity index (χ1) is 19.2. The number of halogens is 8. The molecule has 0 unspecified atom stereocenters. The second-order valence-corrected chi connectivity index (χ2v) is 8.54. The zero-order valence-corrected chi connectivity index (χ0v) is 20.7. The van der Waals surface area contributed by atoms with Crippen LogP contribution in [0.25, 0.3) is 0 Å². The Morgan fingerprint density at radius 3 is 2.44 bits per heavy atom. The number of nitrogens with one attached hydrogen (secondary N) is 1. The molecule has 9 nitrogen and oxygen atoms in total. The lowest BCUT2D eigenvalue weighted by molar-refractivity contribution is -0.384. The Bertz CT molecular complexity index is 1600. The smallest absolute Gasteiger partial charge is 0.416 e. The van der Waals surface area contributed by atoms with Gasteiger partial charge in [-0.1, -0.05) is 17.7 Å². The van der Waals surface area contributed by atoms with Gasteiger partial charge in [-0.25, -0.2) is 17.6 Å². The quantitative estimate of drug-likeness (QED) is 0.117. The van der Waals surface area contributed by atoms with Crippen LogP contribution in [0.2, 0.25) is 5.02 Å². The zero-order valence-electron chi connectivity index (χ0n) is 20.0. The number of hydrogen-bond acceptors (Lipinski definition) is 6. The minimum absolute atomic E-state index is 0.148. The maximum absolute atomic E-state index is 13.4. The molecule has 0 bridgehead atoms. The molecule has 4 aromatic rings. The lowest BCUT2D eigenvalue weighted by Crippen LogP contribution is -2.11. The third-order valence-electron chi connectivity index (χ3n) is 5.32. The largest absolute Gasteiger partial charge is 0.457 e. The molecule has 0 spiro atoms. The van der Waals surface area contributed by atoms with Crippen LogP contribution >= 0.6 is 11.6 Å². The summed E-state index contributed by atoms with van der Waals surface area (Å²) in [6.07, 6.45) is -11.1. The van der Waals surface area contributed by atoms with Crippen molar-refractivity contribution in [2.75, 3.05) is 5.32 Å². The van der Waals surface area contributed by atoms with E-state index in [0.717, 1.165) is 36.4 Å². The third kappa shape index (κ3) is 6.77. The van der Waals surface area contributed by atoms with Gasteiger partial charge in [-0.05, 0) is 30.3 Å². The normalized spacial score (nSPS) is 11.8. The van der Waals surface area contributed by atoms with Crippen LogP contribution < -0.4 is 10.1 Å². The van der Waals surface area contributed by atoms with Gasteiger partial charge in [-0.2, -0.15) is 18.3 Å². The van der Waals surface area contributed by atoms with E-state index >= 15 is 0 Å². The van der Waals surface area contributed by atoms with E-state index in [9.17, 15) is 45.6 Å². The average molecular weight is 607 g/mol. The highest BCUT2D eigenvalue weighted by Crippen LogP contribution is 2.36. The number of anilines is 1. The second kappa shape index (κ2) is 11.5. The van der Waals surface area contributed by atoms with Crippen LogP contribution in [0.3, 0.4) is 0 Å². The lowest BCUT2D eigenvalue weighted by Gasteiger charge is -2.11. The first-order valence-electron chi connectivity index (χ1n) is 11.1. The number of nitro benzene ring substituents is 1. The van der Waals surface area contributed by atoms with Gasteiger partial charge in [0.15, 0.2) is 5.76 Å². The molecule has 2 aromatic heterocycles.